The van der Waals surface area contributed by atoms with Crippen LogP contribution in [0.5, 0.6) is 0 Å². The lowest BCUT2D eigenvalue weighted by molar-refractivity contribution is -0.0744. The normalized spacial score (nSPS) is 49.6. The predicted octanol–water partition coefficient (Wildman–Crippen LogP) is 2.44. The molecule has 0 radical (unpaired) electrons. The fraction of sp³-hybridized carbons (Fsp3) is 1.00. The first-order chi connectivity index (χ1) is 7.25. The van der Waals surface area contributed by atoms with E-state index in [1.165, 1.54) is 44.9 Å². The van der Waals surface area contributed by atoms with Crippen molar-refractivity contribution in [1.29, 1.82) is 0 Å². The molecule has 4 rings (SSSR count). The summed E-state index contributed by atoms with van der Waals surface area (Å²) < 4.78 is 0. The van der Waals surface area contributed by atoms with Crippen molar-refractivity contribution in [2.45, 2.75) is 57.9 Å². The monoisotopic (exact) mass is 208 g/mol. The molecule has 1 atom stereocenters. The molecule has 4 fully saturated rings. The largest absolute Gasteiger partial charge is 0.271 e. The fourth-order valence-corrected chi connectivity index (χ4v) is 5.33. The first-order valence-electron chi connectivity index (χ1n) is 6.72. The maximum atomic E-state index is 5.75. The summed E-state index contributed by atoms with van der Waals surface area (Å²) in [5.74, 6) is 8.88. The number of nitrogens with two attached hydrogens (primary N) is 1. The van der Waals surface area contributed by atoms with E-state index in [4.69, 9.17) is 5.84 Å². The summed E-state index contributed by atoms with van der Waals surface area (Å²) in [6, 6.07) is 0.575. The highest BCUT2D eigenvalue weighted by Gasteiger charge is 2.53. The highest BCUT2D eigenvalue weighted by atomic mass is 15.2. The highest BCUT2D eigenvalue weighted by molar-refractivity contribution is 5.05. The Bertz CT molecular complexity index is 210. The summed E-state index contributed by atoms with van der Waals surface area (Å²) in [6.07, 6.45) is 10.2. The molecule has 86 valence electrons. The molecule has 4 saturated carbocycles. The van der Waals surface area contributed by atoms with Crippen LogP contribution in [0.25, 0.3) is 0 Å². The minimum absolute atomic E-state index is 0.575. The molecule has 3 N–H and O–H groups in total. The van der Waals surface area contributed by atoms with Crippen molar-refractivity contribution in [3.8, 4) is 0 Å². The summed E-state index contributed by atoms with van der Waals surface area (Å²) in [4.78, 5) is 0. The molecular weight excluding hydrogens is 184 g/mol. The van der Waals surface area contributed by atoms with Gasteiger partial charge in [-0.25, -0.2) is 0 Å². The van der Waals surface area contributed by atoms with E-state index in [-0.39, 0.29) is 0 Å². The lowest BCUT2D eigenvalue weighted by Crippen LogP contribution is -2.57. The molecule has 4 aliphatic rings. The van der Waals surface area contributed by atoms with Crippen LogP contribution in [0.1, 0.15) is 51.9 Å². The van der Waals surface area contributed by atoms with Gasteiger partial charge in [0.15, 0.2) is 0 Å². The van der Waals surface area contributed by atoms with Gasteiger partial charge in [-0.3, -0.25) is 11.3 Å². The Balaban J connectivity index is 1.86. The van der Waals surface area contributed by atoms with Crippen molar-refractivity contribution >= 4 is 0 Å². The van der Waals surface area contributed by atoms with E-state index in [0.717, 1.165) is 17.8 Å². The molecule has 0 amide bonds. The van der Waals surface area contributed by atoms with E-state index < -0.39 is 0 Å². The molecule has 0 saturated heterocycles. The zero-order chi connectivity index (χ0) is 10.5. The Hall–Kier alpha value is -0.0800. The minimum Gasteiger partial charge on any atom is -0.271 e. The van der Waals surface area contributed by atoms with Crippen LogP contribution < -0.4 is 11.3 Å². The first kappa shape index (κ1) is 10.1. The molecule has 4 aliphatic carbocycles. The van der Waals surface area contributed by atoms with Crippen LogP contribution in [-0.2, 0) is 0 Å². The quantitative estimate of drug-likeness (QED) is 0.552. The maximum absolute atomic E-state index is 5.75. The average Bonchev–Trinajstić information content (AvgIpc) is 2.16. The Labute approximate surface area is 93.0 Å². The minimum atomic E-state index is 0.575. The molecule has 0 aromatic rings. The van der Waals surface area contributed by atoms with Crippen LogP contribution in [0.3, 0.4) is 0 Å². The zero-order valence-corrected chi connectivity index (χ0v) is 9.84. The molecule has 4 bridgehead atoms. The zero-order valence-electron chi connectivity index (χ0n) is 9.84. The highest BCUT2D eigenvalue weighted by Crippen LogP contribution is 2.61. The summed E-state index contributed by atoms with van der Waals surface area (Å²) >= 11 is 0. The van der Waals surface area contributed by atoms with Gasteiger partial charge in [-0.15, -0.1) is 0 Å². The summed E-state index contributed by atoms with van der Waals surface area (Å²) in [5, 5.41) is 0. The van der Waals surface area contributed by atoms with Gasteiger partial charge in [-0.05, 0) is 68.1 Å². The molecular formula is C13H24N2. The third kappa shape index (κ3) is 1.45. The van der Waals surface area contributed by atoms with Crippen LogP contribution in [0.15, 0.2) is 0 Å². The van der Waals surface area contributed by atoms with Crippen LogP contribution in [-0.4, -0.2) is 6.04 Å². The van der Waals surface area contributed by atoms with Crippen molar-refractivity contribution in [3.05, 3.63) is 0 Å². The topological polar surface area (TPSA) is 38.0 Å². The molecule has 2 heteroatoms. The van der Waals surface area contributed by atoms with Gasteiger partial charge in [-0.2, -0.15) is 0 Å². The van der Waals surface area contributed by atoms with Gasteiger partial charge < -0.3 is 0 Å². The van der Waals surface area contributed by atoms with E-state index in [1.54, 1.807) is 0 Å². The van der Waals surface area contributed by atoms with Crippen LogP contribution in [0.4, 0.5) is 0 Å². The molecule has 2 nitrogen and oxygen atoms in total. The van der Waals surface area contributed by atoms with E-state index in [1.807, 2.05) is 0 Å². The molecule has 1 unspecified atom stereocenters. The van der Waals surface area contributed by atoms with Gasteiger partial charge in [0.2, 0.25) is 0 Å². The second kappa shape index (κ2) is 3.46. The van der Waals surface area contributed by atoms with Gasteiger partial charge in [0.25, 0.3) is 0 Å². The van der Waals surface area contributed by atoms with Gasteiger partial charge in [0, 0.05) is 6.04 Å². The number of nitrogens with one attached hydrogen (secondary N) is 1. The lowest BCUT2D eigenvalue weighted by atomic mass is 9.47. The lowest BCUT2D eigenvalue weighted by Gasteiger charge is -2.59. The average molecular weight is 208 g/mol. The van der Waals surface area contributed by atoms with Crippen molar-refractivity contribution in [2.75, 3.05) is 0 Å². The Morgan fingerprint density at radius 2 is 1.60 bits per heavy atom. The number of hydrogen-bond donors (Lipinski definition) is 2. The van der Waals surface area contributed by atoms with Crippen molar-refractivity contribution in [3.63, 3.8) is 0 Å². The molecule has 0 heterocycles. The Morgan fingerprint density at radius 3 is 1.93 bits per heavy atom. The van der Waals surface area contributed by atoms with Gasteiger partial charge in [0.05, 0.1) is 0 Å². The summed E-state index contributed by atoms with van der Waals surface area (Å²) in [5.41, 5.74) is 3.69. The molecule has 0 aromatic heterocycles. The third-order valence-corrected chi connectivity index (χ3v) is 5.43. The fourth-order valence-electron chi connectivity index (χ4n) is 5.33. The second-order valence-electron chi connectivity index (χ2n) is 6.41. The standard InChI is InChI=1S/C13H24N2/c1-2-12(15-14)13-6-9-3-10(7-13)5-11(4-9)8-13/h9-12,15H,2-8,14H2,1H3. The van der Waals surface area contributed by atoms with Gasteiger partial charge >= 0.3 is 0 Å². The first-order valence-corrected chi connectivity index (χ1v) is 6.72. The van der Waals surface area contributed by atoms with E-state index in [2.05, 4.69) is 12.3 Å². The SMILES string of the molecule is CCC(NN)C12CC3CC(CC(C3)C1)C2. The van der Waals surface area contributed by atoms with Crippen LogP contribution >= 0.6 is 0 Å². The van der Waals surface area contributed by atoms with E-state index in [0.29, 0.717) is 11.5 Å². The number of rotatable bonds is 3. The molecule has 0 aromatic carbocycles. The molecule has 0 spiro atoms. The van der Waals surface area contributed by atoms with Crippen molar-refractivity contribution in [1.82, 2.24) is 5.43 Å². The summed E-state index contributed by atoms with van der Waals surface area (Å²) in [6.45, 7) is 2.28. The van der Waals surface area contributed by atoms with Gasteiger partial charge in [0.1, 0.15) is 0 Å². The van der Waals surface area contributed by atoms with E-state index >= 15 is 0 Å². The summed E-state index contributed by atoms with van der Waals surface area (Å²) in [7, 11) is 0. The maximum Gasteiger partial charge on any atom is 0.0264 e. The molecule has 0 aliphatic heterocycles. The second-order valence-corrected chi connectivity index (χ2v) is 6.41. The van der Waals surface area contributed by atoms with Crippen LogP contribution in [0.2, 0.25) is 0 Å². The predicted molar refractivity (Wildman–Crippen MR) is 62.0 cm³/mol. The number of hydrazine groups is 1. The number of hydrogen-bond acceptors (Lipinski definition) is 2. The van der Waals surface area contributed by atoms with Crippen LogP contribution in [0, 0.1) is 23.2 Å². The Kier molecular flexibility index (Phi) is 2.33. The van der Waals surface area contributed by atoms with Crippen molar-refractivity contribution in [2.24, 2.45) is 29.0 Å². The van der Waals surface area contributed by atoms with Crippen molar-refractivity contribution < 1.29 is 0 Å². The van der Waals surface area contributed by atoms with E-state index in [9.17, 15) is 0 Å². The smallest absolute Gasteiger partial charge is 0.0264 e. The van der Waals surface area contributed by atoms with Gasteiger partial charge in [-0.1, -0.05) is 6.92 Å². The third-order valence-electron chi connectivity index (χ3n) is 5.43. The molecule has 15 heavy (non-hydrogen) atoms. The Morgan fingerprint density at radius 1 is 1.13 bits per heavy atom.